The van der Waals surface area contributed by atoms with Crippen molar-refractivity contribution in [1.82, 2.24) is 15.2 Å². The fourth-order valence-electron chi connectivity index (χ4n) is 2.29. The Balaban J connectivity index is 2.22. The highest BCUT2D eigenvalue weighted by Crippen LogP contribution is 2.23. The Bertz CT molecular complexity index is 597. The lowest BCUT2D eigenvalue weighted by atomic mass is 10.00. The largest absolute Gasteiger partial charge is 0.494 e. The number of rotatable bonds is 5. The first-order chi connectivity index (χ1) is 9.55. The van der Waals surface area contributed by atoms with E-state index in [1.807, 2.05) is 26.2 Å². The van der Waals surface area contributed by atoms with Crippen molar-refractivity contribution in [2.45, 2.75) is 19.4 Å². The summed E-state index contributed by atoms with van der Waals surface area (Å²) in [6, 6.07) is 4.80. The number of nitrogens with two attached hydrogens (primary N) is 1. The normalized spacial score (nSPS) is 12.4. The van der Waals surface area contributed by atoms with Gasteiger partial charge in [-0.3, -0.25) is 16.0 Å². The SMILES string of the molecule is COc1ccc(CC(NN)c2cn(C)nc2C)cc1F. The van der Waals surface area contributed by atoms with Crippen LogP contribution in [0.3, 0.4) is 0 Å². The van der Waals surface area contributed by atoms with E-state index in [0.29, 0.717) is 6.42 Å². The van der Waals surface area contributed by atoms with Gasteiger partial charge in [0.25, 0.3) is 0 Å². The number of ether oxygens (including phenoxy) is 1. The highest BCUT2D eigenvalue weighted by molar-refractivity contribution is 5.31. The molecule has 1 atom stereocenters. The second-order valence-electron chi connectivity index (χ2n) is 4.74. The van der Waals surface area contributed by atoms with Crippen LogP contribution in [0, 0.1) is 12.7 Å². The molecule has 0 amide bonds. The third-order valence-corrected chi connectivity index (χ3v) is 3.28. The summed E-state index contributed by atoms with van der Waals surface area (Å²) in [5, 5.41) is 4.29. The van der Waals surface area contributed by atoms with Crippen molar-refractivity contribution in [3.8, 4) is 5.75 Å². The van der Waals surface area contributed by atoms with E-state index < -0.39 is 0 Å². The topological polar surface area (TPSA) is 65.1 Å². The Morgan fingerprint density at radius 3 is 2.75 bits per heavy atom. The van der Waals surface area contributed by atoms with Crippen LogP contribution in [0.1, 0.15) is 22.9 Å². The molecule has 0 aliphatic rings. The van der Waals surface area contributed by atoms with Gasteiger partial charge in [-0.1, -0.05) is 6.07 Å². The molecule has 2 rings (SSSR count). The van der Waals surface area contributed by atoms with Crippen molar-refractivity contribution in [1.29, 1.82) is 0 Å². The maximum Gasteiger partial charge on any atom is 0.165 e. The monoisotopic (exact) mass is 278 g/mol. The molecule has 108 valence electrons. The Labute approximate surface area is 117 Å². The summed E-state index contributed by atoms with van der Waals surface area (Å²) in [7, 11) is 3.30. The highest BCUT2D eigenvalue weighted by Gasteiger charge is 2.16. The van der Waals surface area contributed by atoms with Gasteiger partial charge in [-0.25, -0.2) is 4.39 Å². The van der Waals surface area contributed by atoms with Gasteiger partial charge < -0.3 is 4.74 Å². The maximum atomic E-state index is 13.7. The van der Waals surface area contributed by atoms with Crippen molar-refractivity contribution in [3.63, 3.8) is 0 Å². The Morgan fingerprint density at radius 1 is 1.50 bits per heavy atom. The summed E-state index contributed by atoms with van der Waals surface area (Å²) in [4.78, 5) is 0. The van der Waals surface area contributed by atoms with E-state index in [1.165, 1.54) is 13.2 Å². The van der Waals surface area contributed by atoms with Crippen LogP contribution in [0.25, 0.3) is 0 Å². The standard InChI is InChI=1S/C14H19FN4O/c1-9-11(8-19(2)18-9)13(17-16)7-10-4-5-14(20-3)12(15)6-10/h4-6,8,13,17H,7,16H2,1-3H3. The first-order valence-corrected chi connectivity index (χ1v) is 6.33. The van der Waals surface area contributed by atoms with Crippen molar-refractivity contribution < 1.29 is 9.13 Å². The lowest BCUT2D eigenvalue weighted by Crippen LogP contribution is -2.29. The van der Waals surface area contributed by atoms with Gasteiger partial charge in [-0.05, 0) is 31.0 Å². The summed E-state index contributed by atoms with van der Waals surface area (Å²) in [6.45, 7) is 1.92. The lowest BCUT2D eigenvalue weighted by molar-refractivity contribution is 0.386. The first-order valence-electron chi connectivity index (χ1n) is 6.33. The minimum atomic E-state index is -0.372. The quantitative estimate of drug-likeness (QED) is 0.644. The van der Waals surface area contributed by atoms with Crippen LogP contribution in [-0.2, 0) is 13.5 Å². The molecule has 0 aliphatic heterocycles. The fourth-order valence-corrected chi connectivity index (χ4v) is 2.29. The van der Waals surface area contributed by atoms with Crippen LogP contribution in [0.4, 0.5) is 4.39 Å². The minimum absolute atomic E-state index is 0.114. The van der Waals surface area contributed by atoms with Gasteiger partial charge in [-0.2, -0.15) is 5.10 Å². The van der Waals surface area contributed by atoms with E-state index in [1.54, 1.807) is 10.7 Å². The molecule has 0 saturated heterocycles. The zero-order chi connectivity index (χ0) is 14.7. The van der Waals surface area contributed by atoms with Gasteiger partial charge in [0.15, 0.2) is 11.6 Å². The van der Waals surface area contributed by atoms with Crippen molar-refractivity contribution >= 4 is 0 Å². The molecule has 0 spiro atoms. The Morgan fingerprint density at radius 2 is 2.25 bits per heavy atom. The average Bonchev–Trinajstić information content (AvgIpc) is 2.75. The summed E-state index contributed by atoms with van der Waals surface area (Å²) in [5.74, 6) is 5.49. The second kappa shape index (κ2) is 6.02. The van der Waals surface area contributed by atoms with Gasteiger partial charge in [0.05, 0.1) is 18.8 Å². The third-order valence-electron chi connectivity index (χ3n) is 3.28. The molecule has 6 heteroatoms. The molecule has 2 aromatic rings. The van der Waals surface area contributed by atoms with Gasteiger partial charge in [0, 0.05) is 18.8 Å². The molecule has 0 bridgehead atoms. The summed E-state index contributed by atoms with van der Waals surface area (Å²) in [5.41, 5.74) is 5.52. The van der Waals surface area contributed by atoms with Gasteiger partial charge >= 0.3 is 0 Å². The van der Waals surface area contributed by atoms with Crippen molar-refractivity contribution in [2.75, 3.05) is 7.11 Å². The molecular formula is C14H19FN4O. The van der Waals surface area contributed by atoms with E-state index in [2.05, 4.69) is 10.5 Å². The number of methoxy groups -OCH3 is 1. The van der Waals surface area contributed by atoms with Crippen LogP contribution >= 0.6 is 0 Å². The third kappa shape index (κ3) is 2.97. The minimum Gasteiger partial charge on any atom is -0.494 e. The molecule has 0 radical (unpaired) electrons. The van der Waals surface area contributed by atoms with E-state index in [9.17, 15) is 4.39 Å². The molecule has 1 aromatic carbocycles. The number of nitrogens with zero attached hydrogens (tertiary/aromatic N) is 2. The Kier molecular flexibility index (Phi) is 4.36. The smallest absolute Gasteiger partial charge is 0.165 e. The lowest BCUT2D eigenvalue weighted by Gasteiger charge is -2.15. The zero-order valence-corrected chi connectivity index (χ0v) is 11.9. The maximum absolute atomic E-state index is 13.7. The molecule has 1 heterocycles. The van der Waals surface area contributed by atoms with E-state index in [0.717, 1.165) is 16.8 Å². The molecule has 5 nitrogen and oxygen atoms in total. The molecule has 0 saturated carbocycles. The van der Waals surface area contributed by atoms with E-state index in [4.69, 9.17) is 10.6 Å². The average molecular weight is 278 g/mol. The molecular weight excluding hydrogens is 259 g/mol. The van der Waals surface area contributed by atoms with E-state index >= 15 is 0 Å². The summed E-state index contributed by atoms with van der Waals surface area (Å²) >= 11 is 0. The number of hydrogen-bond acceptors (Lipinski definition) is 4. The number of aryl methyl sites for hydroxylation is 2. The van der Waals surface area contributed by atoms with Crippen LogP contribution < -0.4 is 16.0 Å². The second-order valence-corrected chi connectivity index (χ2v) is 4.74. The van der Waals surface area contributed by atoms with Gasteiger partial charge in [0.1, 0.15) is 0 Å². The number of aromatic nitrogens is 2. The summed E-state index contributed by atoms with van der Waals surface area (Å²) in [6.07, 6.45) is 2.49. The number of halogens is 1. The van der Waals surface area contributed by atoms with E-state index in [-0.39, 0.29) is 17.6 Å². The fraction of sp³-hybridized carbons (Fsp3) is 0.357. The number of nitrogens with one attached hydrogen (secondary N) is 1. The zero-order valence-electron chi connectivity index (χ0n) is 11.9. The Hall–Kier alpha value is -1.92. The van der Waals surface area contributed by atoms with Crippen LogP contribution in [-0.4, -0.2) is 16.9 Å². The molecule has 1 aromatic heterocycles. The molecule has 0 aliphatic carbocycles. The van der Waals surface area contributed by atoms with Crippen LogP contribution in [0.2, 0.25) is 0 Å². The molecule has 3 N–H and O–H groups in total. The highest BCUT2D eigenvalue weighted by atomic mass is 19.1. The molecule has 1 unspecified atom stereocenters. The molecule has 0 fully saturated rings. The van der Waals surface area contributed by atoms with Crippen molar-refractivity contribution in [3.05, 3.63) is 47.0 Å². The number of hydrazine groups is 1. The number of benzene rings is 1. The van der Waals surface area contributed by atoms with Crippen LogP contribution in [0.15, 0.2) is 24.4 Å². The summed E-state index contributed by atoms with van der Waals surface area (Å²) < 4.78 is 20.3. The predicted octanol–water partition coefficient (Wildman–Crippen LogP) is 1.62. The van der Waals surface area contributed by atoms with Crippen LogP contribution in [0.5, 0.6) is 5.75 Å². The number of hydrogen-bond donors (Lipinski definition) is 2. The molecule has 20 heavy (non-hydrogen) atoms. The first kappa shape index (κ1) is 14.5. The van der Waals surface area contributed by atoms with Gasteiger partial charge in [0.2, 0.25) is 0 Å². The van der Waals surface area contributed by atoms with Crippen molar-refractivity contribution in [2.24, 2.45) is 12.9 Å². The predicted molar refractivity (Wildman–Crippen MR) is 74.7 cm³/mol. The van der Waals surface area contributed by atoms with Gasteiger partial charge in [-0.15, -0.1) is 0 Å².